The van der Waals surface area contributed by atoms with Gasteiger partial charge in [-0.2, -0.15) is 0 Å². The van der Waals surface area contributed by atoms with E-state index >= 15 is 0 Å². The number of carbonyl (C=O) groups is 2. The number of hydrogen-bond acceptors (Lipinski definition) is 7. The minimum atomic E-state index is -4.03. The number of aliphatic hydroxyl groups excluding tert-OH is 1. The van der Waals surface area contributed by atoms with Crippen molar-refractivity contribution in [2.45, 2.75) is 76.6 Å². The van der Waals surface area contributed by atoms with Gasteiger partial charge in [-0.1, -0.05) is 82.6 Å². The Morgan fingerprint density at radius 2 is 1.69 bits per heavy atom. The number of ether oxygens (including phenoxy) is 1. The van der Waals surface area contributed by atoms with Crippen LogP contribution in [0.25, 0.3) is 10.9 Å². The number of carbonyl (C=O) groups excluding carboxylic acids is 2. The maximum absolute atomic E-state index is 14.3. The van der Waals surface area contributed by atoms with Gasteiger partial charge in [0, 0.05) is 37.8 Å². The van der Waals surface area contributed by atoms with E-state index in [2.05, 4.69) is 15.0 Å². The first-order valence-corrected chi connectivity index (χ1v) is 19.5. The summed E-state index contributed by atoms with van der Waals surface area (Å²) in [5.74, 6) is 0.173. The number of nitrogens with one attached hydrogen (secondary N) is 2. The van der Waals surface area contributed by atoms with Crippen LogP contribution in [-0.2, 0) is 34.2 Å². The van der Waals surface area contributed by atoms with Crippen LogP contribution in [0.2, 0.25) is 0 Å². The predicted octanol–water partition coefficient (Wildman–Crippen LogP) is 5.16. The van der Waals surface area contributed by atoms with Crippen molar-refractivity contribution >= 4 is 32.9 Å². The second-order valence-electron chi connectivity index (χ2n) is 14.0. The molecule has 0 unspecified atom stereocenters. The summed E-state index contributed by atoms with van der Waals surface area (Å²) in [6.45, 7) is 8.81. The van der Waals surface area contributed by atoms with Gasteiger partial charge in [-0.15, -0.1) is 0 Å². The highest BCUT2D eigenvalue weighted by Gasteiger charge is 2.41. The molecule has 0 aliphatic carbocycles. The molecule has 0 radical (unpaired) electrons. The van der Waals surface area contributed by atoms with Gasteiger partial charge in [0.25, 0.3) is 0 Å². The normalized spacial score (nSPS) is 15.9. The Hall–Kier alpha value is -4.52. The number of para-hydroxylation sites is 1. The van der Waals surface area contributed by atoms with Crippen molar-refractivity contribution in [2.75, 3.05) is 26.7 Å². The van der Waals surface area contributed by atoms with Crippen molar-refractivity contribution in [1.82, 2.24) is 24.8 Å². The molecule has 11 nitrogen and oxygen atoms in total. The third-order valence-electron chi connectivity index (χ3n) is 9.77. The lowest BCUT2D eigenvalue weighted by molar-refractivity contribution is -0.128. The monoisotopic (exact) mass is 729 g/mol. The Morgan fingerprint density at radius 3 is 2.40 bits per heavy atom. The molecule has 1 saturated heterocycles. The molecule has 0 saturated carbocycles. The van der Waals surface area contributed by atoms with Gasteiger partial charge in [-0.3, -0.25) is 9.78 Å². The summed E-state index contributed by atoms with van der Waals surface area (Å²) in [5, 5.41) is 15.6. The Balaban J connectivity index is 1.34. The van der Waals surface area contributed by atoms with E-state index in [1.54, 1.807) is 28.1 Å². The molecule has 3 amide bonds. The molecule has 0 spiro atoms. The Labute approximate surface area is 307 Å². The lowest BCUT2D eigenvalue weighted by Crippen LogP contribution is -2.57. The van der Waals surface area contributed by atoms with E-state index < -0.39 is 34.1 Å². The standard InChI is InChI=1S/C40H51N5O6S/c1-6-28(4)38(45-21-20-44(40(45)48)26-30-18-19-41-34-15-11-10-14-33(30)34)39(47)43-35(23-29-12-8-7-9-13-29)36(46)25-42-52(49,50)37-17-16-32(51-5)24-31(37)22-27(2)3/h7-19,24,27-28,35-36,38,42,46H,6,20-23,25-26H2,1-5H3,(H,43,47)/t28-,35-,36+,38-/m0/s1. The first-order valence-electron chi connectivity index (χ1n) is 18.0. The highest BCUT2D eigenvalue weighted by atomic mass is 32.2. The van der Waals surface area contributed by atoms with Gasteiger partial charge in [0.1, 0.15) is 11.8 Å². The summed E-state index contributed by atoms with van der Waals surface area (Å²) in [7, 11) is -2.50. The number of urea groups is 1. The predicted molar refractivity (Wildman–Crippen MR) is 202 cm³/mol. The molecule has 1 aliphatic heterocycles. The zero-order valence-electron chi connectivity index (χ0n) is 30.7. The third-order valence-corrected chi connectivity index (χ3v) is 11.3. The summed E-state index contributed by atoms with van der Waals surface area (Å²) in [6.07, 6.45) is 1.87. The van der Waals surface area contributed by atoms with E-state index in [0.29, 0.717) is 43.8 Å². The lowest BCUT2D eigenvalue weighted by Gasteiger charge is -2.34. The molecular weight excluding hydrogens is 679 g/mol. The van der Waals surface area contributed by atoms with E-state index in [4.69, 9.17) is 4.74 Å². The van der Waals surface area contributed by atoms with Crippen LogP contribution in [0, 0.1) is 11.8 Å². The molecule has 52 heavy (non-hydrogen) atoms. The number of rotatable bonds is 17. The van der Waals surface area contributed by atoms with Crippen molar-refractivity contribution < 1.29 is 27.9 Å². The molecule has 1 aliphatic rings. The molecular formula is C40H51N5O6S. The molecule has 3 aromatic carbocycles. The molecule has 5 rings (SSSR count). The largest absolute Gasteiger partial charge is 0.497 e. The van der Waals surface area contributed by atoms with Crippen molar-refractivity contribution in [3.05, 3.63) is 102 Å². The van der Waals surface area contributed by atoms with Crippen LogP contribution < -0.4 is 14.8 Å². The Kier molecular flexibility index (Phi) is 12.9. The number of pyridine rings is 1. The fourth-order valence-corrected chi connectivity index (χ4v) is 8.09. The number of methoxy groups -OCH3 is 1. The number of fused-ring (bicyclic) bond motifs is 1. The number of benzene rings is 3. The van der Waals surface area contributed by atoms with E-state index in [-0.39, 0.29) is 35.7 Å². The smallest absolute Gasteiger partial charge is 0.321 e. The van der Waals surface area contributed by atoms with Gasteiger partial charge >= 0.3 is 6.03 Å². The van der Waals surface area contributed by atoms with Crippen LogP contribution in [0.15, 0.2) is 90.0 Å². The third kappa shape index (κ3) is 9.28. The average Bonchev–Trinajstić information content (AvgIpc) is 3.48. The van der Waals surface area contributed by atoms with E-state index in [9.17, 15) is 23.1 Å². The molecule has 1 fully saturated rings. The highest BCUT2D eigenvalue weighted by molar-refractivity contribution is 7.89. The summed E-state index contributed by atoms with van der Waals surface area (Å²) < 4.78 is 35.2. The molecule has 0 bridgehead atoms. The molecule has 12 heteroatoms. The second kappa shape index (κ2) is 17.3. The zero-order valence-corrected chi connectivity index (χ0v) is 31.5. The molecule has 4 atom stereocenters. The average molecular weight is 730 g/mol. The summed E-state index contributed by atoms with van der Waals surface area (Å²) in [5.41, 5.74) is 3.30. The van der Waals surface area contributed by atoms with Gasteiger partial charge in [-0.05, 0) is 71.7 Å². The van der Waals surface area contributed by atoms with E-state index in [1.807, 2.05) is 88.4 Å². The quantitative estimate of drug-likeness (QED) is 0.136. The van der Waals surface area contributed by atoms with Gasteiger partial charge in [0.2, 0.25) is 15.9 Å². The van der Waals surface area contributed by atoms with Gasteiger partial charge in [0.15, 0.2) is 0 Å². The Bertz CT molecular complexity index is 1930. The van der Waals surface area contributed by atoms with Crippen molar-refractivity contribution in [2.24, 2.45) is 11.8 Å². The number of amides is 3. The number of hydrogen-bond donors (Lipinski definition) is 3. The summed E-state index contributed by atoms with van der Waals surface area (Å²) in [4.78, 5) is 36.1. The fourth-order valence-electron chi connectivity index (χ4n) is 6.81. The van der Waals surface area contributed by atoms with Crippen LogP contribution >= 0.6 is 0 Å². The van der Waals surface area contributed by atoms with Crippen LogP contribution in [-0.4, -0.2) is 85.2 Å². The SMILES string of the molecule is CC[C@H](C)[C@@H](C(=O)N[C@@H](Cc1ccccc1)[C@H](O)CNS(=O)(=O)c1ccc(OC)cc1CC(C)C)N1CCN(Cc2ccnc3ccccc23)C1=O. The zero-order chi connectivity index (χ0) is 37.4. The first kappa shape index (κ1) is 38.7. The van der Waals surface area contributed by atoms with Crippen LogP contribution in [0.1, 0.15) is 50.8 Å². The molecule has 3 N–H and O–H groups in total. The Morgan fingerprint density at radius 1 is 0.962 bits per heavy atom. The number of aromatic nitrogens is 1. The minimum absolute atomic E-state index is 0.117. The molecule has 278 valence electrons. The van der Waals surface area contributed by atoms with Crippen LogP contribution in [0.3, 0.4) is 0 Å². The van der Waals surface area contributed by atoms with Crippen LogP contribution in [0.4, 0.5) is 4.79 Å². The molecule has 2 heterocycles. The fraction of sp³-hybridized carbons (Fsp3) is 0.425. The second-order valence-corrected chi connectivity index (χ2v) is 15.7. The van der Waals surface area contributed by atoms with E-state index in [0.717, 1.165) is 22.0 Å². The summed E-state index contributed by atoms with van der Waals surface area (Å²) >= 11 is 0. The van der Waals surface area contributed by atoms with Gasteiger partial charge < -0.3 is 25.0 Å². The van der Waals surface area contributed by atoms with Crippen LogP contribution in [0.5, 0.6) is 5.75 Å². The number of sulfonamides is 1. The summed E-state index contributed by atoms with van der Waals surface area (Å²) in [6, 6.07) is 22.1. The number of nitrogens with zero attached hydrogens (tertiary/aromatic N) is 3. The topological polar surface area (TPSA) is 141 Å². The van der Waals surface area contributed by atoms with Gasteiger partial charge in [-0.25, -0.2) is 17.9 Å². The first-order chi connectivity index (χ1) is 24.9. The lowest BCUT2D eigenvalue weighted by atomic mass is 9.95. The van der Waals surface area contributed by atoms with Gasteiger partial charge in [0.05, 0.1) is 29.7 Å². The molecule has 1 aromatic heterocycles. The maximum atomic E-state index is 14.3. The number of aliphatic hydroxyl groups is 1. The van der Waals surface area contributed by atoms with Crippen molar-refractivity contribution in [1.29, 1.82) is 0 Å². The maximum Gasteiger partial charge on any atom is 0.321 e. The van der Waals surface area contributed by atoms with Crippen molar-refractivity contribution in [3.8, 4) is 5.75 Å². The molecule has 4 aromatic rings. The van der Waals surface area contributed by atoms with Crippen molar-refractivity contribution in [3.63, 3.8) is 0 Å². The minimum Gasteiger partial charge on any atom is -0.497 e. The highest BCUT2D eigenvalue weighted by Crippen LogP contribution is 2.26. The van der Waals surface area contributed by atoms with E-state index in [1.165, 1.54) is 13.2 Å².